The predicted octanol–water partition coefficient (Wildman–Crippen LogP) is 1.80. The van der Waals surface area contributed by atoms with Crippen molar-refractivity contribution >= 4 is 38.0 Å². The Kier molecular flexibility index (Phi) is 3.25. The second kappa shape index (κ2) is 4.02. The van der Waals surface area contributed by atoms with E-state index in [0.717, 1.165) is 0 Å². The molecule has 0 aromatic carbocycles. The molecule has 0 aliphatic rings. The van der Waals surface area contributed by atoms with Crippen molar-refractivity contribution in [3.8, 4) is 0 Å². The van der Waals surface area contributed by atoms with Crippen LogP contribution in [-0.2, 0) is 14.7 Å². The minimum atomic E-state index is -1.54. The van der Waals surface area contributed by atoms with E-state index in [1.54, 1.807) is 5.38 Å². The molecule has 1 aromatic heterocycles. The van der Waals surface area contributed by atoms with E-state index in [-0.39, 0.29) is 0 Å². The van der Waals surface area contributed by atoms with Crippen molar-refractivity contribution in [1.29, 1.82) is 0 Å². The number of hydrogen-bond donors (Lipinski definition) is 0. The fourth-order valence-corrected chi connectivity index (χ4v) is 2.36. The molecular formula is C6H5ClO3S2. The van der Waals surface area contributed by atoms with Gasteiger partial charge in [-0.2, -0.15) is 0 Å². The van der Waals surface area contributed by atoms with Crippen LogP contribution in [0, 0.1) is 0 Å². The van der Waals surface area contributed by atoms with Gasteiger partial charge >= 0.3 is 5.97 Å². The maximum atomic E-state index is 10.9. The summed E-state index contributed by atoms with van der Waals surface area (Å²) in [7, 11) is 5.04. The van der Waals surface area contributed by atoms with Crippen molar-refractivity contribution in [2.24, 2.45) is 0 Å². The van der Waals surface area contributed by atoms with Crippen molar-refractivity contribution in [3.05, 3.63) is 17.0 Å². The lowest BCUT2D eigenvalue weighted by atomic mass is 10.3. The molecule has 1 atom stereocenters. The number of carbonyl (C=O) groups is 1. The number of thiophene rings is 1. The second-order valence-corrected chi connectivity index (χ2v) is 4.77. The number of ether oxygens (including phenoxy) is 1. The molecule has 12 heavy (non-hydrogen) atoms. The maximum absolute atomic E-state index is 10.9. The Balaban J connectivity index is 2.91. The second-order valence-electron chi connectivity index (χ2n) is 1.87. The summed E-state index contributed by atoms with van der Waals surface area (Å²) < 4.78 is 15.6. The average Bonchev–Trinajstić information content (AvgIpc) is 2.51. The van der Waals surface area contributed by atoms with Gasteiger partial charge in [-0.05, 0) is 16.7 Å². The molecule has 3 nitrogen and oxygen atoms in total. The topological polar surface area (TPSA) is 43.4 Å². The van der Waals surface area contributed by atoms with Gasteiger partial charge in [0.15, 0.2) is 10.0 Å². The summed E-state index contributed by atoms with van der Waals surface area (Å²) in [6.07, 6.45) is 0. The smallest absolute Gasteiger partial charge is 0.338 e. The van der Waals surface area contributed by atoms with Gasteiger partial charge in [-0.3, -0.25) is 0 Å². The number of rotatable bonds is 2. The molecule has 1 rings (SSSR count). The van der Waals surface area contributed by atoms with Crippen LogP contribution in [0.5, 0.6) is 0 Å². The van der Waals surface area contributed by atoms with Gasteiger partial charge < -0.3 is 4.74 Å². The van der Waals surface area contributed by atoms with Gasteiger partial charge in [-0.15, -0.1) is 11.3 Å². The Morgan fingerprint density at radius 2 is 2.42 bits per heavy atom. The molecule has 0 N–H and O–H groups in total. The van der Waals surface area contributed by atoms with E-state index in [1.807, 2.05) is 0 Å². The van der Waals surface area contributed by atoms with E-state index in [0.29, 0.717) is 9.77 Å². The van der Waals surface area contributed by atoms with Crippen molar-refractivity contribution in [2.75, 3.05) is 7.11 Å². The summed E-state index contributed by atoms with van der Waals surface area (Å²) in [5.74, 6) is -0.445. The van der Waals surface area contributed by atoms with Crippen molar-refractivity contribution < 1.29 is 13.7 Å². The van der Waals surface area contributed by atoms with E-state index in [2.05, 4.69) is 4.74 Å². The van der Waals surface area contributed by atoms with Crippen LogP contribution in [0.25, 0.3) is 0 Å². The Morgan fingerprint density at radius 3 is 2.83 bits per heavy atom. The first kappa shape index (κ1) is 9.70. The molecule has 0 amide bonds. The highest BCUT2D eigenvalue weighted by Crippen LogP contribution is 2.20. The highest BCUT2D eigenvalue weighted by atomic mass is 35.7. The molecule has 0 saturated carbocycles. The molecule has 0 aliphatic carbocycles. The van der Waals surface area contributed by atoms with Gasteiger partial charge in [-0.1, -0.05) is 0 Å². The predicted molar refractivity (Wildman–Crippen MR) is 47.9 cm³/mol. The van der Waals surface area contributed by atoms with E-state index in [9.17, 15) is 9.00 Å². The summed E-state index contributed by atoms with van der Waals surface area (Å²) in [5, 5.41) is 1.56. The molecule has 66 valence electrons. The third-order valence-corrected chi connectivity index (χ3v) is 3.83. The minimum absolute atomic E-state index is 0.381. The summed E-state index contributed by atoms with van der Waals surface area (Å²) in [4.78, 5) is 10.9. The molecule has 1 heterocycles. The first-order valence-corrected chi connectivity index (χ1v) is 5.75. The largest absolute Gasteiger partial charge is 0.465 e. The lowest BCUT2D eigenvalue weighted by molar-refractivity contribution is 0.0601. The summed E-state index contributed by atoms with van der Waals surface area (Å²) in [6, 6.07) is 1.46. The molecule has 0 aliphatic heterocycles. The van der Waals surface area contributed by atoms with Gasteiger partial charge in [0.2, 0.25) is 0 Å². The van der Waals surface area contributed by atoms with Crippen molar-refractivity contribution in [2.45, 2.75) is 4.21 Å². The van der Waals surface area contributed by atoms with E-state index >= 15 is 0 Å². The SMILES string of the molecule is COC(=O)c1csc(S(=O)Cl)c1. The Hall–Kier alpha value is -0.390. The number of esters is 1. The zero-order valence-corrected chi connectivity index (χ0v) is 8.46. The monoisotopic (exact) mass is 224 g/mol. The van der Waals surface area contributed by atoms with Crippen molar-refractivity contribution in [1.82, 2.24) is 0 Å². The van der Waals surface area contributed by atoms with Gasteiger partial charge in [0.25, 0.3) is 0 Å². The summed E-state index contributed by atoms with van der Waals surface area (Å²) >= 11 is 1.17. The maximum Gasteiger partial charge on any atom is 0.338 e. The molecule has 6 heteroatoms. The lowest BCUT2D eigenvalue weighted by Crippen LogP contribution is -1.98. The third-order valence-electron chi connectivity index (χ3n) is 1.15. The summed E-state index contributed by atoms with van der Waals surface area (Å²) in [5.41, 5.74) is 0.381. The average molecular weight is 225 g/mol. The van der Waals surface area contributed by atoms with Gasteiger partial charge in [-0.25, -0.2) is 9.00 Å². The van der Waals surface area contributed by atoms with Crippen LogP contribution in [0.2, 0.25) is 0 Å². The van der Waals surface area contributed by atoms with Crippen LogP contribution in [0.3, 0.4) is 0 Å². The first-order chi connectivity index (χ1) is 5.65. The third kappa shape index (κ3) is 2.06. The molecule has 0 bridgehead atoms. The fourth-order valence-electron chi connectivity index (χ4n) is 0.626. The molecular weight excluding hydrogens is 220 g/mol. The number of hydrogen-bond acceptors (Lipinski definition) is 4. The number of carbonyl (C=O) groups excluding carboxylic acids is 1. The zero-order valence-electron chi connectivity index (χ0n) is 6.07. The van der Waals surface area contributed by atoms with Crippen LogP contribution in [0.4, 0.5) is 0 Å². The van der Waals surface area contributed by atoms with Crippen molar-refractivity contribution in [3.63, 3.8) is 0 Å². The van der Waals surface area contributed by atoms with E-state index in [1.165, 1.54) is 24.5 Å². The Labute approximate surface area is 80.3 Å². The Bertz CT molecular complexity index is 320. The van der Waals surface area contributed by atoms with Gasteiger partial charge in [0.1, 0.15) is 4.21 Å². The first-order valence-electron chi connectivity index (χ1n) is 2.90. The molecule has 0 spiro atoms. The normalized spacial score (nSPS) is 12.5. The van der Waals surface area contributed by atoms with Gasteiger partial charge in [0, 0.05) is 5.38 Å². The highest BCUT2D eigenvalue weighted by Gasteiger charge is 2.10. The number of halogens is 1. The molecule has 1 unspecified atom stereocenters. The molecule has 1 aromatic rings. The number of methoxy groups -OCH3 is 1. The highest BCUT2D eigenvalue weighted by molar-refractivity contribution is 8.09. The van der Waals surface area contributed by atoms with E-state index in [4.69, 9.17) is 10.7 Å². The lowest BCUT2D eigenvalue weighted by Gasteiger charge is -1.91. The minimum Gasteiger partial charge on any atom is -0.465 e. The van der Waals surface area contributed by atoms with Crippen LogP contribution in [-0.4, -0.2) is 17.3 Å². The van der Waals surface area contributed by atoms with Crippen LogP contribution in [0.1, 0.15) is 10.4 Å². The Morgan fingerprint density at radius 1 is 1.75 bits per heavy atom. The van der Waals surface area contributed by atoms with Gasteiger partial charge in [0.05, 0.1) is 12.7 Å². The quantitative estimate of drug-likeness (QED) is 0.568. The molecule has 0 radical (unpaired) electrons. The van der Waals surface area contributed by atoms with Crippen LogP contribution < -0.4 is 0 Å². The fraction of sp³-hybridized carbons (Fsp3) is 0.167. The molecule has 0 fully saturated rings. The summed E-state index contributed by atoms with van der Waals surface area (Å²) in [6.45, 7) is 0. The zero-order chi connectivity index (χ0) is 9.14. The molecule has 0 saturated heterocycles. The standard InChI is InChI=1S/C6H5ClO3S2/c1-10-6(8)4-2-5(11-3-4)12(7)9/h2-3H,1H3. The van der Waals surface area contributed by atoms with E-state index < -0.39 is 16.0 Å². The van der Waals surface area contributed by atoms with Crippen LogP contribution in [0.15, 0.2) is 15.7 Å². The van der Waals surface area contributed by atoms with Crippen LogP contribution >= 0.6 is 22.0 Å².